The van der Waals surface area contributed by atoms with E-state index >= 15 is 0 Å². The molecular weight excluding hydrogens is 240 g/mol. The maximum atomic E-state index is 11.1. The average Bonchev–Trinajstić information content (AvgIpc) is 2.94. The molecule has 8 heteroatoms. The quantitative estimate of drug-likeness (QED) is 0.734. The van der Waals surface area contributed by atoms with Crippen LogP contribution in [-0.4, -0.2) is 33.4 Å². The lowest BCUT2D eigenvalue weighted by molar-refractivity contribution is 0.0556. The van der Waals surface area contributed by atoms with Gasteiger partial charge in [0.15, 0.2) is 0 Å². The smallest absolute Gasteiger partial charge is 0.396 e. The first-order valence-corrected chi connectivity index (χ1v) is 5.18. The van der Waals surface area contributed by atoms with Crippen LogP contribution in [0.15, 0.2) is 8.94 Å². The van der Waals surface area contributed by atoms with E-state index in [1.54, 1.807) is 0 Å². The van der Waals surface area contributed by atoms with Crippen molar-refractivity contribution >= 4 is 5.97 Å². The fraction of sp³-hybridized carbons (Fsp3) is 0.500. The van der Waals surface area contributed by atoms with Crippen molar-refractivity contribution in [2.45, 2.75) is 26.2 Å². The zero-order valence-electron chi connectivity index (χ0n) is 10.4. The summed E-state index contributed by atoms with van der Waals surface area (Å²) < 4.78 is 14.6. The summed E-state index contributed by atoms with van der Waals surface area (Å²) in [6.45, 7) is 5.79. The van der Waals surface area contributed by atoms with E-state index in [9.17, 15) is 4.79 Å². The van der Waals surface area contributed by atoms with Crippen molar-refractivity contribution in [2.24, 2.45) is 0 Å². The highest BCUT2D eigenvalue weighted by Gasteiger charge is 2.25. The van der Waals surface area contributed by atoms with Crippen molar-refractivity contribution in [1.29, 1.82) is 0 Å². The van der Waals surface area contributed by atoms with Gasteiger partial charge in [0.1, 0.15) is 0 Å². The molecule has 0 saturated carbocycles. The van der Waals surface area contributed by atoms with E-state index in [0.717, 1.165) is 0 Å². The third-order valence-electron chi connectivity index (χ3n) is 2.04. The van der Waals surface area contributed by atoms with Crippen LogP contribution in [0.1, 0.15) is 37.3 Å². The van der Waals surface area contributed by atoms with Crippen LogP contribution in [0.5, 0.6) is 0 Å². The van der Waals surface area contributed by atoms with Crippen LogP contribution >= 0.6 is 0 Å². The van der Waals surface area contributed by atoms with Crippen LogP contribution < -0.4 is 0 Å². The number of carbonyl (C=O) groups excluding carboxylic acids is 1. The van der Waals surface area contributed by atoms with Crippen LogP contribution in [0.25, 0.3) is 11.7 Å². The molecule has 0 atom stereocenters. The summed E-state index contributed by atoms with van der Waals surface area (Å²) >= 11 is 0. The van der Waals surface area contributed by atoms with Crippen LogP contribution in [0.2, 0.25) is 0 Å². The minimum absolute atomic E-state index is 0.00894. The molecule has 0 aliphatic carbocycles. The largest absolute Gasteiger partial charge is 0.462 e. The van der Waals surface area contributed by atoms with Gasteiger partial charge in [0.2, 0.25) is 5.89 Å². The Hall–Kier alpha value is -2.25. The Labute approximate surface area is 102 Å². The molecule has 8 nitrogen and oxygen atoms in total. The molecule has 0 fully saturated rings. The van der Waals surface area contributed by atoms with Gasteiger partial charge in [-0.2, -0.15) is 4.98 Å². The van der Waals surface area contributed by atoms with E-state index in [0.29, 0.717) is 5.89 Å². The van der Waals surface area contributed by atoms with Gasteiger partial charge < -0.3 is 13.7 Å². The lowest BCUT2D eigenvalue weighted by Gasteiger charge is -2.10. The van der Waals surface area contributed by atoms with E-state index in [-0.39, 0.29) is 23.0 Å². The summed E-state index contributed by atoms with van der Waals surface area (Å²) in [5.74, 6) is -0.379. The Morgan fingerprint density at radius 2 is 2.00 bits per heavy atom. The number of carbonyl (C=O) groups is 1. The van der Waals surface area contributed by atoms with Crippen molar-refractivity contribution in [3.63, 3.8) is 0 Å². The van der Waals surface area contributed by atoms with Crippen LogP contribution in [-0.2, 0) is 10.2 Å². The highest BCUT2D eigenvalue weighted by molar-refractivity contribution is 5.84. The molecule has 0 amide bonds. The van der Waals surface area contributed by atoms with Crippen molar-refractivity contribution in [2.75, 3.05) is 7.11 Å². The van der Waals surface area contributed by atoms with E-state index < -0.39 is 5.97 Å². The second kappa shape index (κ2) is 4.21. The summed E-state index contributed by atoms with van der Waals surface area (Å²) in [4.78, 5) is 15.3. The highest BCUT2D eigenvalue weighted by atomic mass is 16.5. The maximum absolute atomic E-state index is 11.1. The molecule has 2 heterocycles. The summed E-state index contributed by atoms with van der Waals surface area (Å²) in [5.41, 5.74) is -0.281. The molecule has 0 radical (unpaired) electrons. The predicted octanol–water partition coefficient (Wildman–Crippen LogP) is 1.20. The molecule has 18 heavy (non-hydrogen) atoms. The molecule has 0 aromatic carbocycles. The van der Waals surface area contributed by atoms with Crippen LogP contribution in [0.4, 0.5) is 0 Å². The molecule has 0 N–H and O–H groups in total. The fourth-order valence-corrected chi connectivity index (χ4v) is 1.10. The monoisotopic (exact) mass is 252 g/mol. The zero-order chi connectivity index (χ0) is 13.3. The zero-order valence-corrected chi connectivity index (χ0v) is 10.4. The fourth-order valence-electron chi connectivity index (χ4n) is 1.10. The Morgan fingerprint density at radius 1 is 1.28 bits per heavy atom. The minimum Gasteiger partial charge on any atom is -0.462 e. The number of methoxy groups -OCH3 is 1. The number of esters is 1. The van der Waals surface area contributed by atoms with Gasteiger partial charge in [-0.05, 0) is 0 Å². The summed E-state index contributed by atoms with van der Waals surface area (Å²) in [7, 11) is 1.22. The molecule has 0 spiro atoms. The second-order valence-electron chi connectivity index (χ2n) is 4.58. The van der Waals surface area contributed by atoms with Crippen LogP contribution in [0, 0.1) is 0 Å². The van der Waals surface area contributed by atoms with Crippen molar-refractivity contribution in [3.8, 4) is 11.7 Å². The first kappa shape index (κ1) is 12.2. The van der Waals surface area contributed by atoms with Gasteiger partial charge in [-0.1, -0.05) is 25.9 Å². The maximum Gasteiger partial charge on any atom is 0.396 e. The molecule has 0 saturated heterocycles. The molecule has 0 unspecified atom stereocenters. The van der Waals surface area contributed by atoms with Crippen LogP contribution in [0.3, 0.4) is 0 Å². The first-order chi connectivity index (χ1) is 8.41. The number of hydrogen-bond donors (Lipinski definition) is 0. The molecule has 0 aliphatic heterocycles. The number of hydrogen-bond acceptors (Lipinski definition) is 8. The van der Waals surface area contributed by atoms with E-state index in [1.165, 1.54) is 7.11 Å². The highest BCUT2D eigenvalue weighted by Crippen LogP contribution is 2.23. The lowest BCUT2D eigenvalue weighted by atomic mass is 9.97. The molecule has 2 aromatic rings. The minimum atomic E-state index is -0.715. The van der Waals surface area contributed by atoms with Crippen molar-refractivity contribution in [3.05, 3.63) is 11.8 Å². The van der Waals surface area contributed by atoms with E-state index in [4.69, 9.17) is 8.94 Å². The number of aromatic nitrogens is 4. The third-order valence-corrected chi connectivity index (χ3v) is 2.04. The number of rotatable bonds is 2. The number of nitrogens with zero attached hydrogens (tertiary/aromatic N) is 4. The Bertz CT molecular complexity index is 566. The molecular formula is C10H12N4O4. The van der Waals surface area contributed by atoms with Gasteiger partial charge in [-0.15, -0.1) is 10.2 Å². The van der Waals surface area contributed by atoms with Gasteiger partial charge in [-0.3, -0.25) is 0 Å². The van der Waals surface area contributed by atoms with Gasteiger partial charge in [0.05, 0.1) is 7.11 Å². The normalized spacial score (nSPS) is 11.6. The summed E-state index contributed by atoms with van der Waals surface area (Å²) in [5, 5.41) is 10.9. The third kappa shape index (κ3) is 2.22. The Morgan fingerprint density at radius 3 is 2.56 bits per heavy atom. The molecule has 0 aliphatic rings. The average molecular weight is 252 g/mol. The second-order valence-corrected chi connectivity index (χ2v) is 4.58. The molecule has 2 aromatic heterocycles. The van der Waals surface area contributed by atoms with Crippen molar-refractivity contribution in [1.82, 2.24) is 20.3 Å². The topological polar surface area (TPSA) is 104 Å². The van der Waals surface area contributed by atoms with Gasteiger partial charge in [0, 0.05) is 5.41 Å². The molecule has 0 bridgehead atoms. The van der Waals surface area contributed by atoms with Gasteiger partial charge in [0.25, 0.3) is 11.7 Å². The number of ether oxygens (including phenoxy) is 1. The standard InChI is InChI=1S/C10H12N4O4/c1-10(2,3)9-11-5(14-18-9)6-12-13-7(17-6)8(15)16-4/h1-4H3. The van der Waals surface area contributed by atoms with E-state index in [2.05, 4.69) is 25.1 Å². The first-order valence-electron chi connectivity index (χ1n) is 5.18. The van der Waals surface area contributed by atoms with Gasteiger partial charge in [-0.25, -0.2) is 4.79 Å². The SMILES string of the molecule is COC(=O)c1nnc(-c2noc(C(C)(C)C)n2)o1. The van der Waals surface area contributed by atoms with E-state index in [1.807, 2.05) is 20.8 Å². The van der Waals surface area contributed by atoms with Crippen molar-refractivity contribution < 1.29 is 18.5 Å². The lowest BCUT2D eigenvalue weighted by Crippen LogP contribution is -2.11. The summed E-state index contributed by atoms with van der Waals surface area (Å²) in [6, 6.07) is 0. The molecule has 2 rings (SSSR count). The van der Waals surface area contributed by atoms with Gasteiger partial charge >= 0.3 is 11.9 Å². The Kier molecular flexibility index (Phi) is 2.85. The predicted molar refractivity (Wildman–Crippen MR) is 57.6 cm³/mol. The summed E-state index contributed by atoms with van der Waals surface area (Å²) in [6.07, 6.45) is 0. The molecule has 96 valence electrons. The Balaban J connectivity index is 2.30.